The summed E-state index contributed by atoms with van der Waals surface area (Å²) >= 11 is 1.96. The molecule has 0 amide bonds. The molecule has 0 aliphatic heterocycles. The van der Waals surface area contributed by atoms with Crippen LogP contribution in [0.15, 0.2) is 109 Å². The standard InChI is InChI=1S/C37H32S/c1-25-10-9-13-29(24-25)37-32-16-7-5-14-30(32)36(31-15-6-8-17-33(31)37)28-20-18-27(19-21-28)35-23-22-34(38-35)26-11-3-2-4-12-26/h2-3,5-8,10-11,14-18,20,22-24H,4,9,12-13,19,21H2,1H3. The van der Waals surface area contributed by atoms with Gasteiger partial charge in [0.05, 0.1) is 0 Å². The fourth-order valence-corrected chi connectivity index (χ4v) is 7.53. The molecule has 0 N–H and O–H groups in total. The van der Waals surface area contributed by atoms with Crippen LogP contribution in [-0.2, 0) is 0 Å². The predicted molar refractivity (Wildman–Crippen MR) is 168 cm³/mol. The minimum Gasteiger partial charge on any atom is -0.136 e. The van der Waals surface area contributed by atoms with Gasteiger partial charge in [0, 0.05) is 9.75 Å². The van der Waals surface area contributed by atoms with Crippen molar-refractivity contribution in [3.63, 3.8) is 0 Å². The molecule has 0 radical (unpaired) electrons. The highest BCUT2D eigenvalue weighted by Crippen LogP contribution is 2.45. The maximum atomic E-state index is 2.40. The first-order valence-corrected chi connectivity index (χ1v) is 14.8. The molecule has 0 saturated carbocycles. The van der Waals surface area contributed by atoms with E-state index in [0.29, 0.717) is 0 Å². The third-order valence-electron chi connectivity index (χ3n) is 8.26. The summed E-state index contributed by atoms with van der Waals surface area (Å²) in [5, 5.41) is 5.53. The van der Waals surface area contributed by atoms with Gasteiger partial charge in [-0.05, 0) is 113 Å². The van der Waals surface area contributed by atoms with Gasteiger partial charge >= 0.3 is 0 Å². The lowest BCUT2D eigenvalue weighted by Gasteiger charge is -2.23. The summed E-state index contributed by atoms with van der Waals surface area (Å²) in [5.41, 5.74) is 10.1. The first kappa shape index (κ1) is 23.4. The summed E-state index contributed by atoms with van der Waals surface area (Å²) in [5.74, 6) is 0. The monoisotopic (exact) mass is 508 g/mol. The van der Waals surface area contributed by atoms with Crippen molar-refractivity contribution in [2.75, 3.05) is 0 Å². The van der Waals surface area contributed by atoms with Crippen LogP contribution in [0.2, 0.25) is 0 Å². The average molecular weight is 509 g/mol. The van der Waals surface area contributed by atoms with Gasteiger partial charge in [0.25, 0.3) is 0 Å². The summed E-state index contributed by atoms with van der Waals surface area (Å²) in [6, 6.07) is 22.8. The van der Waals surface area contributed by atoms with Gasteiger partial charge in [0.2, 0.25) is 0 Å². The number of hydrogen-bond acceptors (Lipinski definition) is 1. The fourth-order valence-electron chi connectivity index (χ4n) is 6.42. The van der Waals surface area contributed by atoms with Gasteiger partial charge < -0.3 is 0 Å². The average Bonchev–Trinajstić information content (AvgIpc) is 3.47. The highest BCUT2D eigenvalue weighted by molar-refractivity contribution is 7.14. The van der Waals surface area contributed by atoms with Crippen LogP contribution in [0.5, 0.6) is 0 Å². The zero-order valence-corrected chi connectivity index (χ0v) is 22.8. The Balaban J connectivity index is 1.35. The number of thiophene rings is 1. The molecular formula is C37H32S. The highest BCUT2D eigenvalue weighted by Gasteiger charge is 2.21. The Kier molecular flexibility index (Phi) is 6.10. The molecule has 1 heterocycles. The molecule has 0 saturated heterocycles. The largest absolute Gasteiger partial charge is 0.136 e. The van der Waals surface area contributed by atoms with Crippen molar-refractivity contribution >= 4 is 55.2 Å². The lowest BCUT2D eigenvalue weighted by atomic mass is 9.81. The minimum atomic E-state index is 1.07. The SMILES string of the molecule is CC1=CCCC(c2c3ccccc3c(C3=CC=C(c4ccc(C5=CC=CCC5)s4)CC3)c3ccccc23)=C1. The molecule has 1 aromatic heterocycles. The molecule has 0 unspecified atom stereocenters. The number of rotatable bonds is 4. The van der Waals surface area contributed by atoms with E-state index in [2.05, 4.69) is 110 Å². The molecular weight excluding hydrogens is 476 g/mol. The van der Waals surface area contributed by atoms with E-state index in [9.17, 15) is 0 Å². The molecule has 0 fully saturated rings. The molecule has 3 aromatic carbocycles. The molecule has 3 aliphatic carbocycles. The van der Waals surface area contributed by atoms with Crippen molar-refractivity contribution in [3.8, 4) is 0 Å². The van der Waals surface area contributed by atoms with E-state index in [1.165, 1.54) is 70.3 Å². The maximum absolute atomic E-state index is 2.40. The second-order valence-electron chi connectivity index (χ2n) is 10.7. The van der Waals surface area contributed by atoms with E-state index >= 15 is 0 Å². The Morgan fingerprint density at radius 2 is 1.11 bits per heavy atom. The van der Waals surface area contributed by atoms with E-state index in [4.69, 9.17) is 0 Å². The minimum absolute atomic E-state index is 1.07. The Labute approximate surface area is 229 Å². The van der Waals surface area contributed by atoms with Crippen LogP contribution in [0.25, 0.3) is 43.8 Å². The van der Waals surface area contributed by atoms with Crippen LogP contribution in [-0.4, -0.2) is 0 Å². The lowest BCUT2D eigenvalue weighted by Crippen LogP contribution is -1.99. The van der Waals surface area contributed by atoms with Gasteiger partial charge in [-0.25, -0.2) is 0 Å². The summed E-state index contributed by atoms with van der Waals surface area (Å²) in [7, 11) is 0. The zero-order valence-electron chi connectivity index (χ0n) is 22.0. The lowest BCUT2D eigenvalue weighted by molar-refractivity contribution is 1.04. The number of hydrogen-bond donors (Lipinski definition) is 0. The molecule has 38 heavy (non-hydrogen) atoms. The first-order valence-electron chi connectivity index (χ1n) is 13.9. The van der Waals surface area contributed by atoms with E-state index in [-0.39, 0.29) is 0 Å². The number of allylic oxidation sites excluding steroid dienone is 12. The van der Waals surface area contributed by atoms with Gasteiger partial charge in [0.1, 0.15) is 0 Å². The van der Waals surface area contributed by atoms with E-state index in [1.807, 2.05) is 11.3 Å². The predicted octanol–water partition coefficient (Wildman–Crippen LogP) is 11.2. The van der Waals surface area contributed by atoms with Crippen molar-refractivity contribution < 1.29 is 0 Å². The smallest absolute Gasteiger partial charge is 0.0308 e. The first-order chi connectivity index (χ1) is 18.8. The Morgan fingerprint density at radius 1 is 0.553 bits per heavy atom. The van der Waals surface area contributed by atoms with Crippen LogP contribution < -0.4 is 0 Å². The van der Waals surface area contributed by atoms with Crippen LogP contribution in [0.1, 0.15) is 66.3 Å². The summed E-state index contributed by atoms with van der Waals surface area (Å²) in [6.45, 7) is 2.23. The van der Waals surface area contributed by atoms with Gasteiger partial charge in [-0.15, -0.1) is 11.3 Å². The second-order valence-corrected chi connectivity index (χ2v) is 11.8. The fraction of sp³-hybridized carbons (Fsp3) is 0.189. The summed E-state index contributed by atoms with van der Waals surface area (Å²) in [4.78, 5) is 2.85. The van der Waals surface area contributed by atoms with E-state index < -0.39 is 0 Å². The topological polar surface area (TPSA) is 0 Å². The summed E-state index contributed by atoms with van der Waals surface area (Å²) in [6.07, 6.45) is 23.0. The molecule has 0 atom stereocenters. The van der Waals surface area contributed by atoms with Crippen LogP contribution in [0, 0.1) is 0 Å². The number of fused-ring (bicyclic) bond motifs is 2. The zero-order chi connectivity index (χ0) is 25.5. The molecule has 186 valence electrons. The van der Waals surface area contributed by atoms with E-state index in [0.717, 1.165) is 38.5 Å². The molecule has 3 aliphatic rings. The summed E-state index contributed by atoms with van der Waals surface area (Å²) < 4.78 is 0. The second kappa shape index (κ2) is 9.89. The van der Waals surface area contributed by atoms with Gasteiger partial charge in [-0.3, -0.25) is 0 Å². The molecule has 4 aromatic rings. The third-order valence-corrected chi connectivity index (χ3v) is 9.49. The van der Waals surface area contributed by atoms with Crippen molar-refractivity contribution in [2.45, 2.75) is 45.4 Å². The van der Waals surface area contributed by atoms with Crippen molar-refractivity contribution in [2.24, 2.45) is 0 Å². The normalized spacial score (nSPS) is 17.7. The van der Waals surface area contributed by atoms with Crippen LogP contribution in [0.3, 0.4) is 0 Å². The molecule has 7 rings (SSSR count). The van der Waals surface area contributed by atoms with Crippen molar-refractivity contribution in [3.05, 3.63) is 130 Å². The van der Waals surface area contributed by atoms with Crippen LogP contribution in [0.4, 0.5) is 0 Å². The molecule has 1 heteroatoms. The quantitative estimate of drug-likeness (QED) is 0.240. The van der Waals surface area contributed by atoms with Gasteiger partial charge in [-0.1, -0.05) is 96.6 Å². The Morgan fingerprint density at radius 3 is 1.66 bits per heavy atom. The highest BCUT2D eigenvalue weighted by atomic mass is 32.1. The molecule has 0 bridgehead atoms. The van der Waals surface area contributed by atoms with Crippen LogP contribution >= 0.6 is 11.3 Å². The van der Waals surface area contributed by atoms with Gasteiger partial charge in [-0.2, -0.15) is 0 Å². The molecule has 0 spiro atoms. The van der Waals surface area contributed by atoms with Gasteiger partial charge in [0.15, 0.2) is 0 Å². The Hall–Kier alpha value is -3.68. The molecule has 0 nitrogen and oxygen atoms in total. The number of benzene rings is 3. The van der Waals surface area contributed by atoms with E-state index in [1.54, 1.807) is 0 Å². The van der Waals surface area contributed by atoms with Crippen molar-refractivity contribution in [1.29, 1.82) is 0 Å². The Bertz CT molecular complexity index is 1700. The maximum Gasteiger partial charge on any atom is 0.0308 e. The third kappa shape index (κ3) is 4.16. The van der Waals surface area contributed by atoms with Crippen molar-refractivity contribution in [1.82, 2.24) is 0 Å².